The van der Waals surface area contributed by atoms with Gasteiger partial charge < -0.3 is 10.6 Å². The molecule has 0 fully saturated rings. The van der Waals surface area contributed by atoms with Crippen LogP contribution in [0, 0.1) is 11.3 Å². The summed E-state index contributed by atoms with van der Waals surface area (Å²) in [6, 6.07) is 4.10. The molecular weight excluding hydrogens is 264 g/mol. The number of nitriles is 1. The highest BCUT2D eigenvalue weighted by atomic mass is 16.1. The first-order valence-electron chi connectivity index (χ1n) is 7.37. The molecule has 1 amide bonds. The van der Waals surface area contributed by atoms with Crippen molar-refractivity contribution in [2.75, 3.05) is 11.9 Å². The Labute approximate surface area is 125 Å². The van der Waals surface area contributed by atoms with E-state index in [1.54, 1.807) is 0 Å². The summed E-state index contributed by atoms with van der Waals surface area (Å²) in [4.78, 5) is 16.3. The normalized spacial score (nSPS) is 13.4. The lowest BCUT2D eigenvalue weighted by Gasteiger charge is -2.20. The van der Waals surface area contributed by atoms with E-state index in [0.29, 0.717) is 24.3 Å². The summed E-state index contributed by atoms with van der Waals surface area (Å²) in [6.07, 6.45) is 3.44. The van der Waals surface area contributed by atoms with E-state index in [4.69, 9.17) is 0 Å². The molecule has 0 aliphatic heterocycles. The van der Waals surface area contributed by atoms with Gasteiger partial charge in [0.2, 0.25) is 5.91 Å². The number of nitrogens with zero attached hydrogens (tertiary/aromatic N) is 2. The molecular formula is C16H22N4O. The van der Waals surface area contributed by atoms with Crippen molar-refractivity contribution < 1.29 is 4.79 Å². The topological polar surface area (TPSA) is 77.8 Å². The molecule has 0 radical (unpaired) electrons. The first kappa shape index (κ1) is 15.3. The molecule has 0 saturated carbocycles. The van der Waals surface area contributed by atoms with Crippen molar-refractivity contribution in [3.05, 3.63) is 22.9 Å². The lowest BCUT2D eigenvalue weighted by Crippen LogP contribution is -2.41. The van der Waals surface area contributed by atoms with Crippen LogP contribution < -0.4 is 10.6 Å². The summed E-state index contributed by atoms with van der Waals surface area (Å²) in [6.45, 7) is 6.33. The Morgan fingerprint density at radius 3 is 2.86 bits per heavy atom. The van der Waals surface area contributed by atoms with Crippen LogP contribution in [-0.4, -0.2) is 23.0 Å². The van der Waals surface area contributed by atoms with Crippen LogP contribution in [0.2, 0.25) is 0 Å². The Morgan fingerprint density at radius 1 is 1.43 bits per heavy atom. The van der Waals surface area contributed by atoms with E-state index >= 15 is 0 Å². The molecule has 0 spiro atoms. The van der Waals surface area contributed by atoms with Crippen LogP contribution in [0.15, 0.2) is 6.07 Å². The molecule has 0 saturated heterocycles. The van der Waals surface area contributed by atoms with E-state index in [1.807, 2.05) is 26.8 Å². The Balaban J connectivity index is 1.95. The Morgan fingerprint density at radius 2 is 2.19 bits per heavy atom. The van der Waals surface area contributed by atoms with Gasteiger partial charge in [-0.1, -0.05) is 0 Å². The molecule has 1 aromatic rings. The zero-order valence-electron chi connectivity index (χ0n) is 12.9. The maximum Gasteiger partial charge on any atom is 0.222 e. The van der Waals surface area contributed by atoms with Crippen molar-refractivity contribution in [1.82, 2.24) is 10.3 Å². The zero-order valence-corrected chi connectivity index (χ0v) is 12.9. The molecule has 5 nitrogen and oxygen atoms in total. The second-order valence-corrected chi connectivity index (χ2v) is 6.43. The van der Waals surface area contributed by atoms with E-state index in [0.717, 1.165) is 25.0 Å². The lowest BCUT2D eigenvalue weighted by molar-refractivity contribution is -0.122. The molecule has 0 unspecified atom stereocenters. The average Bonchev–Trinajstić information content (AvgIpc) is 2.82. The minimum Gasteiger partial charge on any atom is -0.368 e. The van der Waals surface area contributed by atoms with Gasteiger partial charge in [0, 0.05) is 24.2 Å². The predicted octanol–water partition coefficient (Wildman–Crippen LogP) is 2.16. The molecule has 1 aromatic heterocycles. The Bertz CT molecular complexity index is 581. The van der Waals surface area contributed by atoms with Gasteiger partial charge in [0.1, 0.15) is 11.9 Å². The van der Waals surface area contributed by atoms with E-state index in [2.05, 4.69) is 21.7 Å². The standard InChI is InChI=1S/C16H22N4O/c1-16(2,3)20-14(21)7-8-18-15-12(10-17)9-11-5-4-6-13(11)19-15/h9H,4-8H2,1-3H3,(H,18,19)(H,20,21). The van der Waals surface area contributed by atoms with Gasteiger partial charge in [-0.05, 0) is 51.7 Å². The number of anilines is 1. The maximum absolute atomic E-state index is 11.8. The van der Waals surface area contributed by atoms with Gasteiger partial charge in [0.25, 0.3) is 0 Å². The molecule has 112 valence electrons. The smallest absolute Gasteiger partial charge is 0.222 e. The predicted molar refractivity (Wildman–Crippen MR) is 82.0 cm³/mol. The van der Waals surface area contributed by atoms with Gasteiger partial charge in [0.15, 0.2) is 0 Å². The summed E-state index contributed by atoms with van der Waals surface area (Å²) in [5, 5.41) is 15.2. The first-order valence-corrected chi connectivity index (χ1v) is 7.37. The third-order valence-electron chi connectivity index (χ3n) is 3.33. The van der Waals surface area contributed by atoms with Crippen LogP contribution in [0.5, 0.6) is 0 Å². The lowest BCUT2D eigenvalue weighted by atomic mass is 10.1. The zero-order chi connectivity index (χ0) is 15.5. The van der Waals surface area contributed by atoms with Crippen LogP contribution >= 0.6 is 0 Å². The number of hydrogen-bond donors (Lipinski definition) is 2. The number of aromatic nitrogens is 1. The first-order chi connectivity index (χ1) is 9.89. The summed E-state index contributed by atoms with van der Waals surface area (Å²) < 4.78 is 0. The van der Waals surface area contributed by atoms with E-state index in [-0.39, 0.29) is 11.4 Å². The monoisotopic (exact) mass is 286 g/mol. The molecule has 1 aliphatic rings. The summed E-state index contributed by atoms with van der Waals surface area (Å²) in [7, 11) is 0. The molecule has 2 N–H and O–H groups in total. The minimum atomic E-state index is -0.222. The van der Waals surface area contributed by atoms with Crippen LogP contribution in [-0.2, 0) is 17.6 Å². The fraction of sp³-hybridized carbons (Fsp3) is 0.562. The number of aryl methyl sites for hydroxylation is 2. The molecule has 0 aromatic carbocycles. The third-order valence-corrected chi connectivity index (χ3v) is 3.33. The number of amides is 1. The van der Waals surface area contributed by atoms with Crippen molar-refractivity contribution >= 4 is 11.7 Å². The van der Waals surface area contributed by atoms with Crippen molar-refractivity contribution in [2.24, 2.45) is 0 Å². The van der Waals surface area contributed by atoms with Crippen molar-refractivity contribution in [1.29, 1.82) is 5.26 Å². The van der Waals surface area contributed by atoms with E-state index in [1.165, 1.54) is 5.56 Å². The van der Waals surface area contributed by atoms with Gasteiger partial charge in [-0.2, -0.15) is 5.26 Å². The second kappa shape index (κ2) is 6.13. The van der Waals surface area contributed by atoms with Gasteiger partial charge in [0.05, 0.1) is 5.56 Å². The number of fused-ring (bicyclic) bond motifs is 1. The van der Waals surface area contributed by atoms with Crippen molar-refractivity contribution in [3.8, 4) is 6.07 Å². The molecule has 0 bridgehead atoms. The molecule has 2 rings (SSSR count). The number of rotatable bonds is 4. The maximum atomic E-state index is 11.8. The number of carbonyl (C=O) groups is 1. The largest absolute Gasteiger partial charge is 0.368 e. The molecule has 21 heavy (non-hydrogen) atoms. The highest BCUT2D eigenvalue weighted by Crippen LogP contribution is 2.24. The van der Waals surface area contributed by atoms with Gasteiger partial charge >= 0.3 is 0 Å². The summed E-state index contributed by atoms with van der Waals surface area (Å²) in [5.74, 6) is 0.594. The van der Waals surface area contributed by atoms with Gasteiger partial charge in [-0.15, -0.1) is 0 Å². The second-order valence-electron chi connectivity index (χ2n) is 6.43. The molecule has 1 aliphatic carbocycles. The number of nitrogens with one attached hydrogen (secondary N) is 2. The highest BCUT2D eigenvalue weighted by molar-refractivity contribution is 5.77. The fourth-order valence-electron chi connectivity index (χ4n) is 2.47. The van der Waals surface area contributed by atoms with Crippen LogP contribution in [0.1, 0.15) is 50.4 Å². The average molecular weight is 286 g/mol. The highest BCUT2D eigenvalue weighted by Gasteiger charge is 2.17. The van der Waals surface area contributed by atoms with E-state index < -0.39 is 0 Å². The molecule has 1 heterocycles. The van der Waals surface area contributed by atoms with E-state index in [9.17, 15) is 10.1 Å². The van der Waals surface area contributed by atoms with Crippen molar-refractivity contribution in [3.63, 3.8) is 0 Å². The number of hydrogen-bond acceptors (Lipinski definition) is 4. The Hall–Kier alpha value is -2.09. The Kier molecular flexibility index (Phi) is 4.46. The van der Waals surface area contributed by atoms with Gasteiger partial charge in [-0.25, -0.2) is 4.98 Å². The minimum absolute atomic E-state index is 0.00494. The molecule has 0 atom stereocenters. The van der Waals surface area contributed by atoms with Crippen molar-refractivity contribution in [2.45, 2.75) is 52.0 Å². The van der Waals surface area contributed by atoms with Crippen LogP contribution in [0.4, 0.5) is 5.82 Å². The summed E-state index contributed by atoms with van der Waals surface area (Å²) in [5.41, 5.74) is 2.60. The SMILES string of the molecule is CC(C)(C)NC(=O)CCNc1nc2c(cc1C#N)CCC2. The quantitative estimate of drug-likeness (QED) is 0.889. The number of pyridine rings is 1. The molecule has 5 heteroatoms. The third kappa shape index (κ3) is 4.19. The van der Waals surface area contributed by atoms with Gasteiger partial charge in [-0.3, -0.25) is 4.79 Å². The van der Waals surface area contributed by atoms with Crippen LogP contribution in [0.25, 0.3) is 0 Å². The summed E-state index contributed by atoms with van der Waals surface area (Å²) >= 11 is 0. The van der Waals surface area contributed by atoms with Crippen LogP contribution in [0.3, 0.4) is 0 Å². The number of carbonyl (C=O) groups excluding carboxylic acids is 1. The fourth-order valence-corrected chi connectivity index (χ4v) is 2.47.